The number of nitrogens with one attached hydrogen (secondary N) is 1. The molecule has 0 saturated carbocycles. The standard InChI is InChI=1S/C13H17BrN4/c1-9(2)18-13(11(14)8-17-18)12(15-3)10-5-4-6-16-7-10/h4-9,12,15H,1-3H3. The maximum atomic E-state index is 4.42. The Bertz CT molecular complexity index is 507. The first-order chi connectivity index (χ1) is 8.65. The fraction of sp³-hybridized carbons (Fsp3) is 0.385. The molecule has 0 amide bonds. The second-order valence-corrected chi connectivity index (χ2v) is 5.28. The average Bonchev–Trinajstić information content (AvgIpc) is 2.74. The predicted molar refractivity (Wildman–Crippen MR) is 75.5 cm³/mol. The Labute approximate surface area is 116 Å². The molecule has 0 fully saturated rings. The summed E-state index contributed by atoms with van der Waals surface area (Å²) in [5, 5.41) is 7.74. The summed E-state index contributed by atoms with van der Waals surface area (Å²) < 4.78 is 3.04. The van der Waals surface area contributed by atoms with Gasteiger partial charge in [0.15, 0.2) is 0 Å². The molecule has 4 nitrogen and oxygen atoms in total. The van der Waals surface area contributed by atoms with Gasteiger partial charge in [-0.3, -0.25) is 9.67 Å². The highest BCUT2D eigenvalue weighted by molar-refractivity contribution is 9.10. The van der Waals surface area contributed by atoms with E-state index >= 15 is 0 Å². The van der Waals surface area contributed by atoms with Crippen LogP contribution in [-0.4, -0.2) is 21.8 Å². The highest BCUT2D eigenvalue weighted by Gasteiger charge is 2.21. The van der Waals surface area contributed by atoms with Gasteiger partial charge in [-0.25, -0.2) is 0 Å². The van der Waals surface area contributed by atoms with E-state index in [-0.39, 0.29) is 6.04 Å². The second-order valence-electron chi connectivity index (χ2n) is 4.42. The van der Waals surface area contributed by atoms with Crippen LogP contribution in [-0.2, 0) is 0 Å². The van der Waals surface area contributed by atoms with Crippen molar-refractivity contribution < 1.29 is 0 Å². The number of rotatable bonds is 4. The lowest BCUT2D eigenvalue weighted by atomic mass is 10.1. The number of aromatic nitrogens is 3. The van der Waals surface area contributed by atoms with Crippen molar-refractivity contribution in [2.24, 2.45) is 0 Å². The van der Waals surface area contributed by atoms with Gasteiger partial charge < -0.3 is 5.32 Å². The van der Waals surface area contributed by atoms with Crippen LogP contribution >= 0.6 is 15.9 Å². The van der Waals surface area contributed by atoms with Gasteiger partial charge >= 0.3 is 0 Å². The molecule has 0 aliphatic rings. The fourth-order valence-electron chi connectivity index (χ4n) is 2.04. The van der Waals surface area contributed by atoms with Crippen molar-refractivity contribution in [1.29, 1.82) is 0 Å². The van der Waals surface area contributed by atoms with Crippen LogP contribution in [0.2, 0.25) is 0 Å². The number of hydrogen-bond donors (Lipinski definition) is 1. The summed E-state index contributed by atoms with van der Waals surface area (Å²) in [5.74, 6) is 0. The molecule has 1 N–H and O–H groups in total. The van der Waals surface area contributed by atoms with Gasteiger partial charge in [-0.05, 0) is 48.5 Å². The molecule has 0 spiro atoms. The molecule has 2 aromatic heterocycles. The van der Waals surface area contributed by atoms with E-state index in [4.69, 9.17) is 0 Å². The minimum atomic E-state index is 0.0815. The fourth-order valence-corrected chi connectivity index (χ4v) is 2.54. The smallest absolute Gasteiger partial charge is 0.0772 e. The molecule has 2 rings (SSSR count). The maximum Gasteiger partial charge on any atom is 0.0772 e. The highest BCUT2D eigenvalue weighted by Crippen LogP contribution is 2.29. The van der Waals surface area contributed by atoms with Gasteiger partial charge in [-0.2, -0.15) is 5.10 Å². The van der Waals surface area contributed by atoms with E-state index in [1.54, 1.807) is 6.20 Å². The monoisotopic (exact) mass is 308 g/mol. The summed E-state index contributed by atoms with van der Waals surface area (Å²) in [7, 11) is 1.95. The molecule has 1 unspecified atom stereocenters. The summed E-state index contributed by atoms with van der Waals surface area (Å²) in [6.45, 7) is 4.25. The molecule has 0 radical (unpaired) electrons. The van der Waals surface area contributed by atoms with E-state index in [0.29, 0.717) is 6.04 Å². The van der Waals surface area contributed by atoms with Gasteiger partial charge in [-0.15, -0.1) is 0 Å². The van der Waals surface area contributed by atoms with E-state index in [0.717, 1.165) is 15.7 Å². The van der Waals surface area contributed by atoms with Crippen molar-refractivity contribution in [3.05, 3.63) is 46.5 Å². The van der Waals surface area contributed by atoms with Crippen LogP contribution in [0.1, 0.15) is 37.2 Å². The van der Waals surface area contributed by atoms with Crippen molar-refractivity contribution in [2.45, 2.75) is 25.9 Å². The number of pyridine rings is 1. The third kappa shape index (κ3) is 2.47. The molecule has 18 heavy (non-hydrogen) atoms. The van der Waals surface area contributed by atoms with Crippen LogP contribution < -0.4 is 5.32 Å². The average molecular weight is 309 g/mol. The lowest BCUT2D eigenvalue weighted by molar-refractivity contribution is 0.483. The first-order valence-corrected chi connectivity index (χ1v) is 6.74. The van der Waals surface area contributed by atoms with E-state index in [9.17, 15) is 0 Å². The zero-order chi connectivity index (χ0) is 13.1. The van der Waals surface area contributed by atoms with Gasteiger partial charge in [0, 0.05) is 18.4 Å². The summed E-state index contributed by atoms with van der Waals surface area (Å²) in [6, 6.07) is 4.42. The highest BCUT2D eigenvalue weighted by atomic mass is 79.9. The summed E-state index contributed by atoms with van der Waals surface area (Å²) in [6.07, 6.45) is 5.51. The molecule has 0 aliphatic heterocycles. The molecule has 0 saturated heterocycles. The Morgan fingerprint density at radius 3 is 2.67 bits per heavy atom. The van der Waals surface area contributed by atoms with Gasteiger partial charge in [0.25, 0.3) is 0 Å². The van der Waals surface area contributed by atoms with Crippen molar-refractivity contribution in [1.82, 2.24) is 20.1 Å². The molecule has 0 bridgehead atoms. The van der Waals surface area contributed by atoms with Crippen molar-refractivity contribution in [3.63, 3.8) is 0 Å². The van der Waals surface area contributed by atoms with E-state index in [2.05, 4.69) is 51.2 Å². The van der Waals surface area contributed by atoms with Gasteiger partial charge in [0.05, 0.1) is 22.4 Å². The molecule has 0 aromatic carbocycles. The second kappa shape index (κ2) is 5.63. The largest absolute Gasteiger partial charge is 0.308 e. The van der Waals surface area contributed by atoms with Crippen LogP contribution in [0, 0.1) is 0 Å². The van der Waals surface area contributed by atoms with Gasteiger partial charge in [-0.1, -0.05) is 6.07 Å². The minimum Gasteiger partial charge on any atom is -0.308 e. The van der Waals surface area contributed by atoms with Crippen LogP contribution in [0.3, 0.4) is 0 Å². The van der Waals surface area contributed by atoms with E-state index < -0.39 is 0 Å². The first kappa shape index (κ1) is 13.2. The van der Waals surface area contributed by atoms with E-state index in [1.165, 1.54) is 0 Å². The Hall–Kier alpha value is -1.20. The van der Waals surface area contributed by atoms with Crippen molar-refractivity contribution >= 4 is 15.9 Å². The lowest BCUT2D eigenvalue weighted by Gasteiger charge is -2.20. The Morgan fingerprint density at radius 2 is 2.11 bits per heavy atom. The van der Waals surface area contributed by atoms with Crippen LogP contribution in [0.15, 0.2) is 35.2 Å². The minimum absolute atomic E-state index is 0.0815. The molecular formula is C13H17BrN4. The maximum absolute atomic E-state index is 4.42. The van der Waals surface area contributed by atoms with Crippen LogP contribution in [0.25, 0.3) is 0 Å². The zero-order valence-electron chi connectivity index (χ0n) is 10.8. The number of nitrogens with zero attached hydrogens (tertiary/aromatic N) is 3. The Kier molecular flexibility index (Phi) is 4.14. The molecule has 96 valence electrons. The number of halogens is 1. The van der Waals surface area contributed by atoms with Crippen molar-refractivity contribution in [3.8, 4) is 0 Å². The first-order valence-electron chi connectivity index (χ1n) is 5.95. The molecule has 2 aromatic rings. The Morgan fingerprint density at radius 1 is 1.33 bits per heavy atom. The third-order valence-electron chi connectivity index (χ3n) is 2.86. The number of hydrogen-bond acceptors (Lipinski definition) is 3. The molecule has 0 aliphatic carbocycles. The van der Waals surface area contributed by atoms with E-state index in [1.807, 2.05) is 30.2 Å². The predicted octanol–water partition coefficient (Wildman–Crippen LogP) is 2.93. The topological polar surface area (TPSA) is 42.7 Å². The SMILES string of the molecule is CNC(c1cccnc1)c1c(Br)cnn1C(C)C. The molecular weight excluding hydrogens is 292 g/mol. The quantitative estimate of drug-likeness (QED) is 0.944. The van der Waals surface area contributed by atoms with Gasteiger partial charge in [0.2, 0.25) is 0 Å². The van der Waals surface area contributed by atoms with Crippen LogP contribution in [0.5, 0.6) is 0 Å². The lowest BCUT2D eigenvalue weighted by Crippen LogP contribution is -2.23. The summed E-state index contributed by atoms with van der Waals surface area (Å²) in [4.78, 5) is 4.18. The summed E-state index contributed by atoms with van der Waals surface area (Å²) >= 11 is 3.58. The molecule has 5 heteroatoms. The van der Waals surface area contributed by atoms with Gasteiger partial charge in [0.1, 0.15) is 0 Å². The normalized spacial score (nSPS) is 12.9. The molecule has 2 heterocycles. The van der Waals surface area contributed by atoms with Crippen molar-refractivity contribution in [2.75, 3.05) is 7.05 Å². The molecule has 1 atom stereocenters. The zero-order valence-corrected chi connectivity index (χ0v) is 12.3. The third-order valence-corrected chi connectivity index (χ3v) is 3.47. The summed E-state index contributed by atoms with van der Waals surface area (Å²) in [5.41, 5.74) is 2.25. The van der Waals surface area contributed by atoms with Crippen LogP contribution in [0.4, 0.5) is 0 Å². The Balaban J connectivity index is 2.48.